The number of aryl methyl sites for hydroxylation is 1. The number of nitrogens with two attached hydrogens (primary N) is 1. The van der Waals surface area contributed by atoms with Crippen molar-refractivity contribution in [3.8, 4) is 0 Å². The van der Waals surface area contributed by atoms with E-state index in [1.54, 1.807) is 0 Å². The molecule has 0 aliphatic carbocycles. The summed E-state index contributed by atoms with van der Waals surface area (Å²) in [6, 6.07) is 9.69. The van der Waals surface area contributed by atoms with Crippen LogP contribution in [0.2, 0.25) is 5.02 Å². The van der Waals surface area contributed by atoms with Crippen LogP contribution in [0.3, 0.4) is 0 Å². The van der Waals surface area contributed by atoms with E-state index < -0.39 is 0 Å². The van der Waals surface area contributed by atoms with E-state index in [0.717, 1.165) is 17.0 Å². The molecule has 2 aromatic rings. The molecule has 3 N–H and O–H groups in total. The van der Waals surface area contributed by atoms with E-state index in [-0.39, 0.29) is 12.5 Å². The first-order valence-corrected chi connectivity index (χ1v) is 6.64. The maximum Gasteiger partial charge on any atom is 0.0644 e. The van der Waals surface area contributed by atoms with Crippen LogP contribution in [0.5, 0.6) is 0 Å². The van der Waals surface area contributed by atoms with E-state index >= 15 is 0 Å². The first kappa shape index (κ1) is 14.1. The van der Waals surface area contributed by atoms with E-state index in [2.05, 4.69) is 5.10 Å². The number of aromatic nitrogens is 2. The Morgan fingerprint density at radius 2 is 2.05 bits per heavy atom. The Morgan fingerprint density at radius 3 is 2.63 bits per heavy atom. The largest absolute Gasteiger partial charge is 0.394 e. The van der Waals surface area contributed by atoms with E-state index in [4.69, 9.17) is 22.4 Å². The third-order valence-electron chi connectivity index (χ3n) is 3.11. The van der Waals surface area contributed by atoms with Gasteiger partial charge in [0, 0.05) is 23.2 Å². The van der Waals surface area contributed by atoms with Crippen LogP contribution in [0.25, 0.3) is 0 Å². The highest BCUT2D eigenvalue weighted by Gasteiger charge is 2.18. The van der Waals surface area contributed by atoms with Crippen LogP contribution >= 0.6 is 11.6 Å². The van der Waals surface area contributed by atoms with Crippen LogP contribution in [-0.4, -0.2) is 28.0 Å². The number of rotatable bonds is 5. The fraction of sp³-hybridized carbons (Fsp3) is 0.357. The molecule has 4 nitrogen and oxygen atoms in total. The summed E-state index contributed by atoms with van der Waals surface area (Å²) in [5, 5.41) is 14.2. The zero-order valence-corrected chi connectivity index (χ0v) is 11.6. The lowest BCUT2D eigenvalue weighted by Crippen LogP contribution is -2.19. The molecule has 1 aromatic heterocycles. The van der Waals surface area contributed by atoms with Gasteiger partial charge in [0.25, 0.3) is 0 Å². The van der Waals surface area contributed by atoms with Crippen molar-refractivity contribution in [1.82, 2.24) is 9.78 Å². The van der Waals surface area contributed by atoms with E-state index in [0.29, 0.717) is 18.1 Å². The summed E-state index contributed by atoms with van der Waals surface area (Å²) in [4.78, 5) is 0. The van der Waals surface area contributed by atoms with Crippen molar-refractivity contribution in [3.05, 3.63) is 52.3 Å². The number of aliphatic hydroxyl groups is 1. The molecule has 2 rings (SSSR count). The highest BCUT2D eigenvalue weighted by atomic mass is 35.5. The highest BCUT2D eigenvalue weighted by molar-refractivity contribution is 6.30. The first-order chi connectivity index (χ1) is 9.15. The molecule has 0 aliphatic rings. The molecule has 19 heavy (non-hydrogen) atoms. The maximum atomic E-state index is 9.11. The van der Waals surface area contributed by atoms with Crippen LogP contribution in [0, 0.1) is 6.92 Å². The lowest BCUT2D eigenvalue weighted by molar-refractivity contribution is 0.266. The molecule has 0 spiro atoms. The minimum atomic E-state index is 0.0602. The standard InChI is InChI=1S/C14H18ClN3O/c1-10-8-14(18(17-10)6-7-19)13(9-16)11-2-4-12(15)5-3-11/h2-5,8,13,19H,6-7,9,16H2,1H3. The van der Waals surface area contributed by atoms with Gasteiger partial charge in [0.2, 0.25) is 0 Å². The van der Waals surface area contributed by atoms with Gasteiger partial charge in [-0.25, -0.2) is 0 Å². The average molecular weight is 280 g/mol. The lowest BCUT2D eigenvalue weighted by atomic mass is 9.95. The molecule has 1 atom stereocenters. The van der Waals surface area contributed by atoms with Gasteiger partial charge in [-0.3, -0.25) is 4.68 Å². The van der Waals surface area contributed by atoms with Gasteiger partial charge in [-0.1, -0.05) is 23.7 Å². The fourth-order valence-electron chi connectivity index (χ4n) is 2.24. The van der Waals surface area contributed by atoms with Gasteiger partial charge in [-0.05, 0) is 30.7 Å². The van der Waals surface area contributed by atoms with Crippen molar-refractivity contribution in [2.45, 2.75) is 19.4 Å². The summed E-state index contributed by atoms with van der Waals surface area (Å²) in [6.07, 6.45) is 0. The topological polar surface area (TPSA) is 64.1 Å². The van der Waals surface area contributed by atoms with Crippen molar-refractivity contribution in [1.29, 1.82) is 0 Å². The Balaban J connectivity index is 2.38. The predicted molar refractivity (Wildman–Crippen MR) is 76.4 cm³/mol. The molecule has 0 saturated carbocycles. The van der Waals surface area contributed by atoms with Gasteiger partial charge in [-0.2, -0.15) is 5.10 Å². The van der Waals surface area contributed by atoms with E-state index in [1.807, 2.05) is 41.9 Å². The molecule has 1 heterocycles. The average Bonchev–Trinajstić information content (AvgIpc) is 2.74. The normalized spacial score (nSPS) is 12.6. The second-order valence-corrected chi connectivity index (χ2v) is 4.93. The third kappa shape index (κ3) is 3.15. The van der Waals surface area contributed by atoms with Gasteiger partial charge >= 0.3 is 0 Å². The summed E-state index contributed by atoms with van der Waals surface area (Å²) in [5.41, 5.74) is 8.97. The third-order valence-corrected chi connectivity index (χ3v) is 3.36. The van der Waals surface area contributed by atoms with Crippen molar-refractivity contribution in [2.75, 3.05) is 13.2 Å². The second-order valence-electron chi connectivity index (χ2n) is 4.50. The van der Waals surface area contributed by atoms with Gasteiger partial charge in [-0.15, -0.1) is 0 Å². The van der Waals surface area contributed by atoms with Gasteiger partial charge in [0.05, 0.1) is 18.8 Å². The minimum Gasteiger partial charge on any atom is -0.394 e. The van der Waals surface area contributed by atoms with E-state index in [1.165, 1.54) is 0 Å². The lowest BCUT2D eigenvalue weighted by Gasteiger charge is -2.17. The molecular weight excluding hydrogens is 262 g/mol. The van der Waals surface area contributed by atoms with Crippen LogP contribution in [0.1, 0.15) is 22.9 Å². The van der Waals surface area contributed by atoms with Crippen LogP contribution in [-0.2, 0) is 6.54 Å². The summed E-state index contributed by atoms with van der Waals surface area (Å²) < 4.78 is 1.82. The Hall–Kier alpha value is -1.36. The highest BCUT2D eigenvalue weighted by Crippen LogP contribution is 2.25. The molecule has 0 saturated heterocycles. The van der Waals surface area contributed by atoms with Crippen molar-refractivity contribution < 1.29 is 5.11 Å². The van der Waals surface area contributed by atoms with Crippen molar-refractivity contribution in [2.24, 2.45) is 5.73 Å². The Morgan fingerprint density at radius 1 is 1.37 bits per heavy atom. The molecule has 0 radical (unpaired) electrons. The molecule has 1 aromatic carbocycles. The number of benzene rings is 1. The number of hydrogen-bond acceptors (Lipinski definition) is 3. The molecule has 1 unspecified atom stereocenters. The number of hydrogen-bond donors (Lipinski definition) is 2. The molecular formula is C14H18ClN3O. The van der Waals surface area contributed by atoms with Crippen molar-refractivity contribution in [3.63, 3.8) is 0 Å². The van der Waals surface area contributed by atoms with E-state index in [9.17, 15) is 0 Å². The smallest absolute Gasteiger partial charge is 0.0644 e. The zero-order valence-electron chi connectivity index (χ0n) is 10.9. The SMILES string of the molecule is Cc1cc(C(CN)c2ccc(Cl)cc2)n(CCO)n1. The molecule has 0 aliphatic heterocycles. The number of aliphatic hydroxyl groups excluding tert-OH is 1. The Bertz CT molecular complexity index is 536. The van der Waals surface area contributed by atoms with Crippen LogP contribution in [0.15, 0.2) is 30.3 Å². The quantitative estimate of drug-likeness (QED) is 0.879. The predicted octanol–water partition coefficient (Wildman–Crippen LogP) is 1.93. The van der Waals surface area contributed by atoms with Crippen LogP contribution < -0.4 is 5.73 Å². The monoisotopic (exact) mass is 279 g/mol. The Kier molecular flexibility index (Phi) is 4.58. The van der Waals surface area contributed by atoms with Crippen LogP contribution in [0.4, 0.5) is 0 Å². The molecule has 102 valence electrons. The molecule has 0 amide bonds. The van der Waals surface area contributed by atoms with Gasteiger partial charge in [0.15, 0.2) is 0 Å². The minimum absolute atomic E-state index is 0.0602. The Labute approximate surface area is 117 Å². The number of nitrogens with zero attached hydrogens (tertiary/aromatic N) is 2. The molecule has 0 bridgehead atoms. The zero-order chi connectivity index (χ0) is 13.8. The summed E-state index contributed by atoms with van der Waals surface area (Å²) in [7, 11) is 0. The second kappa shape index (κ2) is 6.19. The fourth-order valence-corrected chi connectivity index (χ4v) is 2.37. The number of halogens is 1. The molecule has 5 heteroatoms. The first-order valence-electron chi connectivity index (χ1n) is 6.26. The van der Waals surface area contributed by atoms with Crippen molar-refractivity contribution >= 4 is 11.6 Å². The summed E-state index contributed by atoms with van der Waals surface area (Å²) >= 11 is 5.91. The molecule has 0 fully saturated rings. The van der Waals surface area contributed by atoms with Gasteiger partial charge in [0.1, 0.15) is 0 Å². The summed E-state index contributed by atoms with van der Waals surface area (Å²) in [6.45, 7) is 2.96. The summed E-state index contributed by atoms with van der Waals surface area (Å²) in [5.74, 6) is 0.0602. The van der Waals surface area contributed by atoms with Gasteiger partial charge < -0.3 is 10.8 Å². The maximum absolute atomic E-state index is 9.11.